The van der Waals surface area contributed by atoms with Crippen LogP contribution in [0.5, 0.6) is 0 Å². The first kappa shape index (κ1) is 15.8. The summed E-state index contributed by atoms with van der Waals surface area (Å²) in [4.78, 5) is 2.57. The zero-order chi connectivity index (χ0) is 14.4. The van der Waals surface area contributed by atoms with Crippen molar-refractivity contribution in [2.75, 3.05) is 18.0 Å². The van der Waals surface area contributed by atoms with Crippen LogP contribution in [0.25, 0.3) is 0 Å². The summed E-state index contributed by atoms with van der Waals surface area (Å²) in [5.74, 6) is 0. The summed E-state index contributed by atoms with van der Waals surface area (Å²) in [5.41, 5.74) is 2.72. The van der Waals surface area contributed by atoms with Crippen LogP contribution in [0, 0.1) is 0 Å². The van der Waals surface area contributed by atoms with Crippen LogP contribution in [0.4, 0.5) is 5.69 Å². The van der Waals surface area contributed by atoms with Crippen LogP contribution >= 0.6 is 15.9 Å². The van der Waals surface area contributed by atoms with E-state index >= 15 is 0 Å². The van der Waals surface area contributed by atoms with E-state index in [-0.39, 0.29) is 0 Å². The second-order valence-corrected chi connectivity index (χ2v) is 6.53. The molecule has 0 bridgehead atoms. The van der Waals surface area contributed by atoms with Crippen LogP contribution in [0.2, 0.25) is 0 Å². The van der Waals surface area contributed by atoms with Crippen molar-refractivity contribution < 1.29 is 0 Å². The minimum absolute atomic E-state index is 0.746. The summed E-state index contributed by atoms with van der Waals surface area (Å²) in [5, 5.41) is 3.47. The van der Waals surface area contributed by atoms with E-state index in [0.29, 0.717) is 0 Å². The molecule has 1 aliphatic carbocycles. The Morgan fingerprint density at radius 3 is 2.60 bits per heavy atom. The normalized spacial score (nSPS) is 15.8. The van der Waals surface area contributed by atoms with Crippen LogP contribution in [-0.2, 0) is 6.54 Å². The molecule has 0 heterocycles. The highest BCUT2D eigenvalue weighted by molar-refractivity contribution is 9.10. The lowest BCUT2D eigenvalue weighted by Crippen LogP contribution is -2.32. The highest BCUT2D eigenvalue weighted by Crippen LogP contribution is 2.30. The van der Waals surface area contributed by atoms with Gasteiger partial charge in [0.05, 0.1) is 0 Å². The molecule has 1 fully saturated rings. The molecule has 1 aromatic rings. The number of hydrogen-bond acceptors (Lipinski definition) is 2. The van der Waals surface area contributed by atoms with Gasteiger partial charge in [-0.25, -0.2) is 0 Å². The molecule has 0 amide bonds. The van der Waals surface area contributed by atoms with Crippen molar-refractivity contribution in [3.8, 4) is 0 Å². The van der Waals surface area contributed by atoms with Gasteiger partial charge in [0, 0.05) is 29.3 Å². The van der Waals surface area contributed by atoms with Crippen LogP contribution in [-0.4, -0.2) is 19.1 Å². The van der Waals surface area contributed by atoms with E-state index < -0.39 is 0 Å². The van der Waals surface area contributed by atoms with Crippen molar-refractivity contribution in [3.05, 3.63) is 28.2 Å². The third kappa shape index (κ3) is 3.98. The molecule has 0 saturated heterocycles. The Kier molecular flexibility index (Phi) is 6.37. The molecule has 2 nitrogen and oxygen atoms in total. The number of halogens is 1. The molecule has 112 valence electrons. The van der Waals surface area contributed by atoms with Gasteiger partial charge < -0.3 is 10.2 Å². The van der Waals surface area contributed by atoms with E-state index in [0.717, 1.165) is 25.7 Å². The summed E-state index contributed by atoms with van der Waals surface area (Å²) in [6.45, 7) is 7.60. The number of nitrogens with one attached hydrogen (secondary N) is 1. The fourth-order valence-electron chi connectivity index (χ4n) is 3.13. The van der Waals surface area contributed by atoms with Gasteiger partial charge in [-0.2, -0.15) is 0 Å². The largest absolute Gasteiger partial charge is 0.369 e. The second-order valence-electron chi connectivity index (χ2n) is 5.68. The van der Waals surface area contributed by atoms with Crippen LogP contribution in [0.1, 0.15) is 51.5 Å². The van der Waals surface area contributed by atoms with E-state index in [4.69, 9.17) is 0 Å². The molecular formula is C17H27BrN2. The van der Waals surface area contributed by atoms with Crippen molar-refractivity contribution in [3.63, 3.8) is 0 Å². The molecular weight excluding hydrogens is 312 g/mol. The van der Waals surface area contributed by atoms with Crippen molar-refractivity contribution in [2.24, 2.45) is 0 Å². The van der Waals surface area contributed by atoms with E-state index in [1.165, 1.54) is 47.8 Å². The quantitative estimate of drug-likeness (QED) is 0.723. The maximum atomic E-state index is 3.74. The van der Waals surface area contributed by atoms with Gasteiger partial charge >= 0.3 is 0 Å². The number of nitrogens with zero attached hydrogens (tertiary/aromatic N) is 1. The standard InChI is InChI=1S/C17H27BrN2/c1-3-11-19-13-14-9-10-16(12-17(14)18)20(4-2)15-7-5-6-8-15/h9-10,12,15,19H,3-8,11,13H2,1-2H3. The summed E-state index contributed by atoms with van der Waals surface area (Å²) in [6, 6.07) is 7.59. The average molecular weight is 339 g/mol. The van der Waals surface area contributed by atoms with Crippen molar-refractivity contribution in [1.82, 2.24) is 5.32 Å². The Hall–Kier alpha value is -0.540. The van der Waals surface area contributed by atoms with E-state index in [9.17, 15) is 0 Å². The van der Waals surface area contributed by atoms with Crippen molar-refractivity contribution in [1.29, 1.82) is 0 Å². The van der Waals surface area contributed by atoms with Gasteiger partial charge in [-0.1, -0.05) is 41.8 Å². The summed E-state index contributed by atoms with van der Waals surface area (Å²) in [7, 11) is 0. The molecule has 1 aromatic carbocycles. The number of benzene rings is 1. The molecule has 1 aliphatic rings. The first-order valence-electron chi connectivity index (χ1n) is 8.02. The van der Waals surface area contributed by atoms with Gasteiger partial charge in [-0.3, -0.25) is 0 Å². The van der Waals surface area contributed by atoms with Crippen LogP contribution < -0.4 is 10.2 Å². The Morgan fingerprint density at radius 1 is 1.25 bits per heavy atom. The molecule has 0 unspecified atom stereocenters. The van der Waals surface area contributed by atoms with E-state index in [1.54, 1.807) is 0 Å². The SMILES string of the molecule is CCCNCc1ccc(N(CC)C2CCCC2)cc1Br. The van der Waals surface area contributed by atoms with Crippen molar-refractivity contribution >= 4 is 21.6 Å². The maximum Gasteiger partial charge on any atom is 0.0380 e. The predicted molar refractivity (Wildman–Crippen MR) is 91.4 cm³/mol. The molecule has 1 saturated carbocycles. The number of rotatable bonds is 7. The molecule has 0 aromatic heterocycles. The summed E-state index contributed by atoms with van der Waals surface area (Å²) in [6.07, 6.45) is 6.67. The van der Waals surface area contributed by atoms with Gasteiger partial charge in [0.1, 0.15) is 0 Å². The lowest BCUT2D eigenvalue weighted by molar-refractivity contribution is 0.619. The van der Waals surface area contributed by atoms with Crippen molar-refractivity contribution in [2.45, 2.75) is 58.5 Å². The Morgan fingerprint density at radius 2 is 2.00 bits per heavy atom. The van der Waals surface area contributed by atoms with E-state index in [1.807, 2.05) is 0 Å². The van der Waals surface area contributed by atoms with Gasteiger partial charge in [-0.15, -0.1) is 0 Å². The molecule has 0 spiro atoms. The molecule has 2 rings (SSSR count). The first-order valence-corrected chi connectivity index (χ1v) is 8.81. The van der Waals surface area contributed by atoms with Gasteiger partial charge in [0.15, 0.2) is 0 Å². The topological polar surface area (TPSA) is 15.3 Å². The number of hydrogen-bond donors (Lipinski definition) is 1. The second kappa shape index (κ2) is 8.04. The summed E-state index contributed by atoms with van der Waals surface area (Å²) < 4.78 is 1.23. The van der Waals surface area contributed by atoms with Gasteiger partial charge in [0.25, 0.3) is 0 Å². The zero-order valence-corrected chi connectivity index (χ0v) is 14.4. The van der Waals surface area contributed by atoms with Crippen LogP contribution in [0.3, 0.4) is 0 Å². The van der Waals surface area contributed by atoms with E-state index in [2.05, 4.69) is 58.2 Å². The Balaban J connectivity index is 2.06. The average Bonchev–Trinajstić information content (AvgIpc) is 2.96. The number of anilines is 1. The summed E-state index contributed by atoms with van der Waals surface area (Å²) >= 11 is 3.74. The minimum Gasteiger partial charge on any atom is -0.369 e. The maximum absolute atomic E-state index is 3.74. The van der Waals surface area contributed by atoms with Gasteiger partial charge in [-0.05, 0) is 50.4 Å². The molecule has 0 aliphatic heterocycles. The Labute approximate surface area is 132 Å². The zero-order valence-electron chi connectivity index (χ0n) is 12.8. The van der Waals surface area contributed by atoms with Gasteiger partial charge in [0.2, 0.25) is 0 Å². The highest BCUT2D eigenvalue weighted by atomic mass is 79.9. The highest BCUT2D eigenvalue weighted by Gasteiger charge is 2.21. The molecule has 0 radical (unpaired) electrons. The third-order valence-corrected chi connectivity index (χ3v) is 4.95. The third-order valence-electron chi connectivity index (χ3n) is 4.22. The van der Waals surface area contributed by atoms with Crippen LogP contribution in [0.15, 0.2) is 22.7 Å². The lowest BCUT2D eigenvalue weighted by atomic mass is 10.1. The predicted octanol–water partition coefficient (Wildman–Crippen LogP) is 4.72. The first-order chi connectivity index (χ1) is 9.76. The molecule has 20 heavy (non-hydrogen) atoms. The monoisotopic (exact) mass is 338 g/mol. The lowest BCUT2D eigenvalue weighted by Gasteiger charge is -2.30. The molecule has 0 atom stereocenters. The fourth-order valence-corrected chi connectivity index (χ4v) is 3.63. The fraction of sp³-hybridized carbons (Fsp3) is 0.647. The smallest absolute Gasteiger partial charge is 0.0380 e. The minimum atomic E-state index is 0.746. The molecule has 3 heteroatoms. The Bertz CT molecular complexity index is 413. The molecule has 1 N–H and O–H groups in total.